The van der Waals surface area contributed by atoms with Gasteiger partial charge in [-0.1, -0.05) is 0 Å². The minimum absolute atomic E-state index is 0.338. The van der Waals surface area contributed by atoms with Gasteiger partial charge in [-0.25, -0.2) is 0 Å². The van der Waals surface area contributed by atoms with E-state index in [-0.39, 0.29) is 0 Å². The van der Waals surface area contributed by atoms with Gasteiger partial charge in [-0.2, -0.15) is 11.8 Å². The first-order chi connectivity index (χ1) is 5.43. The second-order valence-electron chi connectivity index (χ2n) is 2.95. The van der Waals surface area contributed by atoms with E-state index >= 15 is 0 Å². The largest absolute Gasteiger partial charge is 0.396 e. The van der Waals surface area contributed by atoms with Gasteiger partial charge in [0.05, 0.1) is 0 Å². The normalized spacial score (nSPS) is 24.3. The summed E-state index contributed by atoms with van der Waals surface area (Å²) in [6, 6.07) is 0.749. The zero-order chi connectivity index (χ0) is 7.94. The van der Waals surface area contributed by atoms with Gasteiger partial charge in [-0.15, -0.1) is 0 Å². The molecule has 0 saturated carbocycles. The van der Waals surface area contributed by atoms with E-state index < -0.39 is 0 Å². The monoisotopic (exact) mass is 175 g/mol. The molecule has 1 saturated heterocycles. The Hall–Kier alpha value is 0.270. The number of aliphatic hydroxyl groups is 1. The van der Waals surface area contributed by atoms with Gasteiger partial charge < -0.3 is 10.4 Å². The molecule has 11 heavy (non-hydrogen) atoms. The standard InChI is InChI=1S/C8H17NOS/c10-5-2-6-11-7-8-3-1-4-9-8/h8-10H,1-7H2. The maximum absolute atomic E-state index is 8.53. The second-order valence-corrected chi connectivity index (χ2v) is 4.10. The van der Waals surface area contributed by atoms with Crippen molar-refractivity contribution in [2.24, 2.45) is 0 Å². The topological polar surface area (TPSA) is 32.3 Å². The van der Waals surface area contributed by atoms with Crippen LogP contribution in [-0.2, 0) is 0 Å². The second kappa shape index (κ2) is 5.86. The highest BCUT2D eigenvalue weighted by Crippen LogP contribution is 2.12. The molecule has 1 rings (SSSR count). The molecular formula is C8H17NOS. The van der Waals surface area contributed by atoms with Crippen LogP contribution in [0.25, 0.3) is 0 Å². The Morgan fingerprint density at radius 2 is 2.45 bits per heavy atom. The third kappa shape index (κ3) is 3.99. The van der Waals surface area contributed by atoms with Gasteiger partial charge in [0.2, 0.25) is 0 Å². The van der Waals surface area contributed by atoms with Crippen molar-refractivity contribution in [1.29, 1.82) is 0 Å². The lowest BCUT2D eigenvalue weighted by molar-refractivity contribution is 0.296. The van der Waals surface area contributed by atoms with Gasteiger partial charge >= 0.3 is 0 Å². The highest BCUT2D eigenvalue weighted by molar-refractivity contribution is 7.99. The molecule has 0 spiro atoms. The van der Waals surface area contributed by atoms with Crippen LogP contribution in [0.3, 0.4) is 0 Å². The number of hydrogen-bond acceptors (Lipinski definition) is 3. The molecule has 1 unspecified atom stereocenters. The lowest BCUT2D eigenvalue weighted by Crippen LogP contribution is -2.23. The molecule has 0 aromatic carbocycles. The first-order valence-corrected chi connectivity index (χ1v) is 5.51. The van der Waals surface area contributed by atoms with Gasteiger partial charge in [0, 0.05) is 18.4 Å². The van der Waals surface area contributed by atoms with Gasteiger partial charge in [0.15, 0.2) is 0 Å². The first kappa shape index (κ1) is 9.36. The minimum atomic E-state index is 0.338. The molecule has 1 aliphatic rings. The molecule has 1 fully saturated rings. The van der Waals surface area contributed by atoms with Gasteiger partial charge in [0.1, 0.15) is 0 Å². The van der Waals surface area contributed by atoms with Crippen LogP contribution in [0.15, 0.2) is 0 Å². The minimum Gasteiger partial charge on any atom is -0.396 e. The maximum atomic E-state index is 8.53. The van der Waals surface area contributed by atoms with Crippen LogP contribution in [0, 0.1) is 0 Å². The van der Waals surface area contributed by atoms with Crippen molar-refractivity contribution in [3.8, 4) is 0 Å². The van der Waals surface area contributed by atoms with E-state index in [0.29, 0.717) is 6.61 Å². The first-order valence-electron chi connectivity index (χ1n) is 4.35. The molecule has 0 aromatic heterocycles. The summed E-state index contributed by atoms with van der Waals surface area (Å²) in [5, 5.41) is 12.0. The quantitative estimate of drug-likeness (QED) is 0.608. The predicted molar refractivity (Wildman–Crippen MR) is 50.1 cm³/mol. The molecular weight excluding hydrogens is 158 g/mol. The molecule has 66 valence electrons. The van der Waals surface area contributed by atoms with Gasteiger partial charge in [-0.05, 0) is 31.6 Å². The number of nitrogens with one attached hydrogen (secondary N) is 1. The molecule has 0 radical (unpaired) electrons. The Bertz CT molecular complexity index is 94.1. The SMILES string of the molecule is OCCCSCC1CCCN1. The highest BCUT2D eigenvalue weighted by Gasteiger charge is 2.12. The summed E-state index contributed by atoms with van der Waals surface area (Å²) in [7, 11) is 0. The van der Waals surface area contributed by atoms with E-state index in [2.05, 4.69) is 5.32 Å². The Kier molecular flexibility index (Phi) is 4.99. The molecule has 1 aliphatic heterocycles. The summed E-state index contributed by atoms with van der Waals surface area (Å²) >= 11 is 1.95. The van der Waals surface area contributed by atoms with Crippen LogP contribution in [0.2, 0.25) is 0 Å². The fourth-order valence-corrected chi connectivity index (χ4v) is 2.36. The summed E-state index contributed by atoms with van der Waals surface area (Å²) < 4.78 is 0. The van der Waals surface area contributed by atoms with Gasteiger partial charge in [-0.3, -0.25) is 0 Å². The van der Waals surface area contributed by atoms with Crippen molar-refractivity contribution in [2.75, 3.05) is 24.7 Å². The molecule has 3 heteroatoms. The van der Waals surface area contributed by atoms with E-state index in [0.717, 1.165) is 18.2 Å². The van der Waals surface area contributed by atoms with Crippen molar-refractivity contribution < 1.29 is 5.11 Å². The number of hydrogen-bond donors (Lipinski definition) is 2. The molecule has 0 aromatic rings. The van der Waals surface area contributed by atoms with Crippen LogP contribution in [0.1, 0.15) is 19.3 Å². The summed E-state index contributed by atoms with van der Waals surface area (Å²) in [5.74, 6) is 2.33. The molecule has 1 atom stereocenters. The van der Waals surface area contributed by atoms with E-state index in [1.807, 2.05) is 11.8 Å². The fourth-order valence-electron chi connectivity index (χ4n) is 1.29. The summed E-state index contributed by atoms with van der Waals surface area (Å²) in [5.41, 5.74) is 0. The Morgan fingerprint density at radius 1 is 1.55 bits per heavy atom. The fraction of sp³-hybridized carbons (Fsp3) is 1.00. The van der Waals surface area contributed by atoms with E-state index in [9.17, 15) is 0 Å². The lowest BCUT2D eigenvalue weighted by Gasteiger charge is -2.08. The van der Waals surface area contributed by atoms with E-state index in [1.165, 1.54) is 25.1 Å². The Morgan fingerprint density at radius 3 is 3.09 bits per heavy atom. The Labute approximate surface area is 72.8 Å². The van der Waals surface area contributed by atoms with Gasteiger partial charge in [0.25, 0.3) is 0 Å². The third-order valence-electron chi connectivity index (χ3n) is 1.93. The molecule has 2 N–H and O–H groups in total. The van der Waals surface area contributed by atoms with Crippen LogP contribution in [-0.4, -0.2) is 35.8 Å². The average Bonchev–Trinajstić information content (AvgIpc) is 2.50. The molecule has 0 amide bonds. The number of aliphatic hydroxyl groups excluding tert-OH is 1. The highest BCUT2D eigenvalue weighted by atomic mass is 32.2. The van der Waals surface area contributed by atoms with Crippen molar-refractivity contribution >= 4 is 11.8 Å². The van der Waals surface area contributed by atoms with Crippen LogP contribution >= 0.6 is 11.8 Å². The molecule has 1 heterocycles. The summed E-state index contributed by atoms with van der Waals surface area (Å²) in [6.45, 7) is 1.54. The smallest absolute Gasteiger partial charge is 0.0438 e. The Balaban J connectivity index is 1.86. The zero-order valence-electron chi connectivity index (χ0n) is 6.88. The lowest BCUT2D eigenvalue weighted by atomic mass is 10.3. The van der Waals surface area contributed by atoms with E-state index in [1.54, 1.807) is 0 Å². The van der Waals surface area contributed by atoms with Crippen molar-refractivity contribution in [3.63, 3.8) is 0 Å². The molecule has 2 nitrogen and oxygen atoms in total. The molecule has 0 aliphatic carbocycles. The predicted octanol–water partition coefficient (Wildman–Crippen LogP) is 0.854. The molecule has 0 bridgehead atoms. The van der Waals surface area contributed by atoms with Crippen LogP contribution in [0.4, 0.5) is 0 Å². The van der Waals surface area contributed by atoms with Crippen molar-refractivity contribution in [1.82, 2.24) is 5.32 Å². The third-order valence-corrected chi connectivity index (χ3v) is 3.14. The van der Waals surface area contributed by atoms with Crippen LogP contribution < -0.4 is 5.32 Å². The van der Waals surface area contributed by atoms with Crippen LogP contribution in [0.5, 0.6) is 0 Å². The summed E-state index contributed by atoms with van der Waals surface area (Å²) in [6.07, 6.45) is 3.62. The summed E-state index contributed by atoms with van der Waals surface area (Å²) in [4.78, 5) is 0. The van der Waals surface area contributed by atoms with E-state index in [4.69, 9.17) is 5.11 Å². The zero-order valence-corrected chi connectivity index (χ0v) is 7.70. The number of thioether (sulfide) groups is 1. The average molecular weight is 175 g/mol. The van der Waals surface area contributed by atoms with Crippen molar-refractivity contribution in [2.45, 2.75) is 25.3 Å². The van der Waals surface area contributed by atoms with Crippen molar-refractivity contribution in [3.05, 3.63) is 0 Å². The maximum Gasteiger partial charge on any atom is 0.0438 e. The number of rotatable bonds is 5.